The Balaban J connectivity index is 1.60. The predicted octanol–water partition coefficient (Wildman–Crippen LogP) is 2.94. The van der Waals surface area contributed by atoms with Crippen LogP contribution in [-0.4, -0.2) is 38.7 Å². The maximum Gasteiger partial charge on any atom is 0.319 e. The number of benzene rings is 2. The molecule has 0 saturated carbocycles. The van der Waals surface area contributed by atoms with Crippen molar-refractivity contribution in [1.29, 1.82) is 0 Å². The second-order valence-electron chi connectivity index (χ2n) is 6.41. The minimum absolute atomic E-state index is 0.00438. The summed E-state index contributed by atoms with van der Waals surface area (Å²) in [6, 6.07) is 12.3. The van der Waals surface area contributed by atoms with Crippen LogP contribution in [0.15, 0.2) is 42.5 Å². The van der Waals surface area contributed by atoms with Gasteiger partial charge < -0.3 is 25.0 Å². The Bertz CT molecular complexity index is 836. The van der Waals surface area contributed by atoms with E-state index < -0.39 is 0 Å². The molecule has 0 aliphatic carbocycles. The summed E-state index contributed by atoms with van der Waals surface area (Å²) in [4.78, 5) is 26.3. The summed E-state index contributed by atoms with van der Waals surface area (Å²) >= 11 is 0. The first-order chi connectivity index (χ1) is 13.0. The Kier molecular flexibility index (Phi) is 5.49. The van der Waals surface area contributed by atoms with E-state index in [1.807, 2.05) is 31.2 Å². The molecule has 3 amide bonds. The highest BCUT2D eigenvalue weighted by molar-refractivity contribution is 5.97. The molecule has 1 heterocycles. The average Bonchev–Trinajstić information content (AvgIpc) is 3.02. The van der Waals surface area contributed by atoms with Crippen molar-refractivity contribution in [2.45, 2.75) is 19.4 Å². The van der Waals surface area contributed by atoms with E-state index in [9.17, 15) is 9.59 Å². The molecule has 7 heteroatoms. The van der Waals surface area contributed by atoms with Gasteiger partial charge in [0.15, 0.2) is 11.5 Å². The standard InChI is InChI=1S/C20H23N3O4/c1-13-4-7-16(8-5-13)23-12-15(11-19(23)24)22-20(25)21-14-6-9-17(26-2)18(10-14)27-3/h4-10,15H,11-12H2,1-3H3,(H2,21,22,25)/t15-/m1/s1. The summed E-state index contributed by atoms with van der Waals surface area (Å²) in [6.07, 6.45) is 0.271. The van der Waals surface area contributed by atoms with Gasteiger partial charge in [-0.15, -0.1) is 0 Å². The molecule has 0 bridgehead atoms. The minimum Gasteiger partial charge on any atom is -0.493 e. The molecule has 2 aromatic carbocycles. The Morgan fingerprint density at radius 3 is 2.44 bits per heavy atom. The van der Waals surface area contributed by atoms with Crippen LogP contribution in [0.1, 0.15) is 12.0 Å². The Hall–Kier alpha value is -3.22. The number of nitrogens with zero attached hydrogens (tertiary/aromatic N) is 1. The molecule has 1 aliphatic heterocycles. The van der Waals surface area contributed by atoms with Gasteiger partial charge in [-0.1, -0.05) is 17.7 Å². The molecule has 142 valence electrons. The first kappa shape index (κ1) is 18.6. The van der Waals surface area contributed by atoms with Gasteiger partial charge in [-0.25, -0.2) is 4.79 Å². The Labute approximate surface area is 158 Å². The van der Waals surface area contributed by atoms with Crippen molar-refractivity contribution >= 4 is 23.3 Å². The van der Waals surface area contributed by atoms with E-state index >= 15 is 0 Å². The molecule has 0 aromatic heterocycles. The lowest BCUT2D eigenvalue weighted by atomic mass is 10.2. The van der Waals surface area contributed by atoms with Crippen molar-refractivity contribution in [2.24, 2.45) is 0 Å². The quantitative estimate of drug-likeness (QED) is 0.849. The van der Waals surface area contributed by atoms with E-state index in [0.717, 1.165) is 11.3 Å². The number of anilines is 2. The highest BCUT2D eigenvalue weighted by atomic mass is 16.5. The molecule has 7 nitrogen and oxygen atoms in total. The highest BCUT2D eigenvalue weighted by Gasteiger charge is 2.31. The van der Waals surface area contributed by atoms with Crippen LogP contribution in [0, 0.1) is 6.92 Å². The van der Waals surface area contributed by atoms with Crippen LogP contribution in [0.25, 0.3) is 0 Å². The number of hydrogen-bond acceptors (Lipinski definition) is 4. The molecule has 1 saturated heterocycles. The Morgan fingerprint density at radius 2 is 1.78 bits per heavy atom. The molecule has 2 N–H and O–H groups in total. The summed E-state index contributed by atoms with van der Waals surface area (Å²) in [5.41, 5.74) is 2.55. The van der Waals surface area contributed by atoms with Crippen LogP contribution in [0.2, 0.25) is 0 Å². The molecule has 1 atom stereocenters. The number of aryl methyl sites for hydroxylation is 1. The first-order valence-corrected chi connectivity index (χ1v) is 8.66. The summed E-state index contributed by atoms with van der Waals surface area (Å²) in [5, 5.41) is 5.61. The second-order valence-corrected chi connectivity index (χ2v) is 6.41. The molecule has 0 spiro atoms. The van der Waals surface area contributed by atoms with Crippen LogP contribution >= 0.6 is 0 Å². The Morgan fingerprint density at radius 1 is 1.07 bits per heavy atom. The number of rotatable bonds is 5. The monoisotopic (exact) mass is 369 g/mol. The molecular formula is C20H23N3O4. The largest absolute Gasteiger partial charge is 0.493 e. The van der Waals surface area contributed by atoms with Crippen LogP contribution < -0.4 is 25.0 Å². The van der Waals surface area contributed by atoms with Crippen molar-refractivity contribution in [2.75, 3.05) is 31.0 Å². The molecule has 1 aliphatic rings. The predicted molar refractivity (Wildman–Crippen MR) is 104 cm³/mol. The number of nitrogens with one attached hydrogen (secondary N) is 2. The zero-order valence-electron chi connectivity index (χ0n) is 15.6. The lowest BCUT2D eigenvalue weighted by molar-refractivity contribution is -0.117. The zero-order chi connectivity index (χ0) is 19.4. The number of ether oxygens (including phenoxy) is 2. The number of hydrogen-bond donors (Lipinski definition) is 2. The van der Waals surface area contributed by atoms with Crippen LogP contribution in [0.5, 0.6) is 11.5 Å². The second kappa shape index (κ2) is 7.99. The van der Waals surface area contributed by atoms with Gasteiger partial charge in [0.2, 0.25) is 5.91 Å². The van der Waals surface area contributed by atoms with E-state index in [0.29, 0.717) is 23.7 Å². The van der Waals surface area contributed by atoms with E-state index in [1.54, 1.807) is 30.2 Å². The van der Waals surface area contributed by atoms with Crippen LogP contribution in [-0.2, 0) is 4.79 Å². The molecule has 0 radical (unpaired) electrons. The molecule has 1 fully saturated rings. The van der Waals surface area contributed by atoms with Gasteiger partial charge in [0.1, 0.15) is 0 Å². The van der Waals surface area contributed by atoms with E-state index in [1.165, 1.54) is 7.11 Å². The molecule has 3 rings (SSSR count). The smallest absolute Gasteiger partial charge is 0.319 e. The summed E-state index contributed by atoms with van der Waals surface area (Å²) in [5.74, 6) is 1.10. The third-order valence-corrected chi connectivity index (χ3v) is 4.45. The van der Waals surface area contributed by atoms with Crippen molar-refractivity contribution in [1.82, 2.24) is 5.32 Å². The van der Waals surface area contributed by atoms with Gasteiger partial charge in [-0.2, -0.15) is 0 Å². The summed E-state index contributed by atoms with van der Waals surface area (Å²) in [7, 11) is 3.08. The molecule has 2 aromatic rings. The van der Waals surface area contributed by atoms with Crippen molar-refractivity contribution in [3.05, 3.63) is 48.0 Å². The highest BCUT2D eigenvalue weighted by Crippen LogP contribution is 2.29. The lowest BCUT2D eigenvalue weighted by Gasteiger charge is -2.18. The normalized spacial score (nSPS) is 16.2. The summed E-state index contributed by atoms with van der Waals surface area (Å²) < 4.78 is 10.4. The van der Waals surface area contributed by atoms with Gasteiger partial charge >= 0.3 is 6.03 Å². The third kappa shape index (κ3) is 4.31. The number of carbonyl (C=O) groups excluding carboxylic acids is 2. The SMILES string of the molecule is COc1ccc(NC(=O)N[C@@H]2CC(=O)N(c3ccc(C)cc3)C2)cc1OC. The number of urea groups is 1. The number of amides is 3. The minimum atomic E-state index is -0.370. The molecular weight excluding hydrogens is 346 g/mol. The summed E-state index contributed by atoms with van der Waals surface area (Å²) in [6.45, 7) is 2.44. The van der Waals surface area contributed by atoms with Gasteiger partial charge in [0.05, 0.1) is 20.3 Å². The third-order valence-electron chi connectivity index (χ3n) is 4.45. The van der Waals surface area contributed by atoms with Crippen molar-refractivity contribution in [3.8, 4) is 11.5 Å². The molecule has 0 unspecified atom stereocenters. The van der Waals surface area contributed by atoms with Gasteiger partial charge in [-0.05, 0) is 31.2 Å². The number of methoxy groups -OCH3 is 2. The van der Waals surface area contributed by atoms with Crippen LogP contribution in [0.3, 0.4) is 0 Å². The van der Waals surface area contributed by atoms with Crippen molar-refractivity contribution in [3.63, 3.8) is 0 Å². The van der Waals surface area contributed by atoms with Gasteiger partial charge in [-0.3, -0.25) is 4.79 Å². The molecule has 27 heavy (non-hydrogen) atoms. The average molecular weight is 369 g/mol. The fraction of sp³-hybridized carbons (Fsp3) is 0.300. The fourth-order valence-electron chi connectivity index (χ4n) is 3.05. The maximum atomic E-state index is 12.3. The fourth-order valence-corrected chi connectivity index (χ4v) is 3.05. The van der Waals surface area contributed by atoms with Crippen LogP contribution in [0.4, 0.5) is 16.2 Å². The maximum absolute atomic E-state index is 12.3. The lowest BCUT2D eigenvalue weighted by Crippen LogP contribution is -2.39. The first-order valence-electron chi connectivity index (χ1n) is 8.66. The van der Waals surface area contributed by atoms with Crippen molar-refractivity contribution < 1.29 is 19.1 Å². The zero-order valence-corrected chi connectivity index (χ0v) is 15.6. The van der Waals surface area contributed by atoms with Gasteiger partial charge in [0, 0.05) is 30.4 Å². The van der Waals surface area contributed by atoms with E-state index in [2.05, 4.69) is 10.6 Å². The van der Waals surface area contributed by atoms with Gasteiger partial charge in [0.25, 0.3) is 0 Å². The topological polar surface area (TPSA) is 79.9 Å². The van der Waals surface area contributed by atoms with E-state index in [4.69, 9.17) is 9.47 Å². The number of carbonyl (C=O) groups is 2. The van der Waals surface area contributed by atoms with E-state index in [-0.39, 0.29) is 24.4 Å².